The van der Waals surface area contributed by atoms with Crippen LogP contribution < -0.4 is 10.3 Å². The fourth-order valence-corrected chi connectivity index (χ4v) is 4.50. The number of hydrogen-bond acceptors (Lipinski definition) is 6. The molecule has 0 saturated heterocycles. The Labute approximate surface area is 243 Å². The second-order valence-corrected chi connectivity index (χ2v) is 12.7. The molecule has 2 N–H and O–H groups in total. The lowest BCUT2D eigenvalue weighted by Gasteiger charge is -2.33. The molecule has 4 rings (SSSR count). The van der Waals surface area contributed by atoms with Crippen molar-refractivity contribution in [3.05, 3.63) is 59.9 Å². The molecule has 1 aliphatic carbocycles. The van der Waals surface area contributed by atoms with Gasteiger partial charge in [0.2, 0.25) is 0 Å². The van der Waals surface area contributed by atoms with Crippen molar-refractivity contribution in [1.29, 1.82) is 0 Å². The zero-order chi connectivity index (χ0) is 30.0. The first-order valence-corrected chi connectivity index (χ1v) is 14.2. The molecule has 0 aliphatic heterocycles. The number of hydrogen-bond donors (Lipinski definition) is 0. The largest absolute Gasteiger partial charge is 0.444 e. The van der Waals surface area contributed by atoms with Crippen LogP contribution in [0.3, 0.4) is 0 Å². The van der Waals surface area contributed by atoms with Crippen molar-refractivity contribution in [2.45, 2.75) is 104 Å². The molecular weight excluding hydrogens is 521 g/mol. The zero-order valence-electron chi connectivity index (χ0n) is 25.2. The number of carbonyl (C=O) groups is 2. The van der Waals surface area contributed by atoms with Crippen molar-refractivity contribution in [1.82, 2.24) is 14.6 Å². The SMILES string of the molecule is CC(C)(C)OC(=O)N(Cc1nc2ccc([B]OC(C)(C)C(C)(C)[OH2+])cc2n1OC(=O)c1ccccc1)C1CCCC1. The molecule has 1 saturated carbocycles. The van der Waals surface area contributed by atoms with Gasteiger partial charge in [-0.15, -0.1) is 0 Å². The van der Waals surface area contributed by atoms with E-state index in [1.807, 2.05) is 58.9 Å². The van der Waals surface area contributed by atoms with Gasteiger partial charge in [0.25, 0.3) is 0 Å². The smallest absolute Gasteiger partial charge is 0.410 e. The fraction of sp³-hybridized carbons (Fsp3) is 0.516. The van der Waals surface area contributed by atoms with E-state index in [9.17, 15) is 9.59 Å². The van der Waals surface area contributed by atoms with Gasteiger partial charge in [-0.1, -0.05) is 42.6 Å². The van der Waals surface area contributed by atoms with Gasteiger partial charge in [-0.3, -0.25) is 4.90 Å². The second-order valence-electron chi connectivity index (χ2n) is 12.7. The van der Waals surface area contributed by atoms with Crippen LogP contribution in [-0.2, 0) is 15.9 Å². The summed E-state index contributed by atoms with van der Waals surface area (Å²) in [6.45, 7) is 13.0. The Kier molecular flexibility index (Phi) is 8.85. The van der Waals surface area contributed by atoms with Gasteiger partial charge >= 0.3 is 19.5 Å². The summed E-state index contributed by atoms with van der Waals surface area (Å²) in [5.74, 6) is -0.133. The van der Waals surface area contributed by atoms with Crippen LogP contribution >= 0.6 is 0 Å². The van der Waals surface area contributed by atoms with E-state index in [1.54, 1.807) is 50.5 Å². The Hall–Kier alpha value is -3.37. The Balaban J connectivity index is 1.72. The normalized spacial score (nSPS) is 14.7. The van der Waals surface area contributed by atoms with E-state index in [2.05, 4.69) is 0 Å². The Bertz CT molecular complexity index is 1370. The van der Waals surface area contributed by atoms with E-state index in [1.165, 1.54) is 4.73 Å². The lowest BCUT2D eigenvalue weighted by Crippen LogP contribution is -2.49. The summed E-state index contributed by atoms with van der Waals surface area (Å²) in [4.78, 5) is 39.0. The van der Waals surface area contributed by atoms with Crippen molar-refractivity contribution in [2.24, 2.45) is 0 Å². The maximum absolute atomic E-state index is 13.4. The molecule has 2 aromatic carbocycles. The van der Waals surface area contributed by atoms with Crippen molar-refractivity contribution in [3.8, 4) is 0 Å². The second kappa shape index (κ2) is 11.9. The summed E-state index contributed by atoms with van der Waals surface area (Å²) in [5.41, 5.74) is 0.0407. The average molecular weight is 564 g/mol. The molecule has 1 heterocycles. The van der Waals surface area contributed by atoms with Crippen molar-refractivity contribution >= 4 is 36.0 Å². The van der Waals surface area contributed by atoms with Gasteiger partial charge in [-0.25, -0.2) is 14.6 Å². The number of nitrogens with zero attached hydrogens (tertiary/aromatic N) is 3. The van der Waals surface area contributed by atoms with E-state index in [0.717, 1.165) is 31.1 Å². The van der Waals surface area contributed by atoms with Crippen LogP contribution in [0, 0.1) is 0 Å². The van der Waals surface area contributed by atoms with Crippen LogP contribution in [0.4, 0.5) is 4.79 Å². The van der Waals surface area contributed by atoms with Crippen molar-refractivity contribution < 1.29 is 28.9 Å². The molecule has 1 aromatic heterocycles. The predicted molar refractivity (Wildman–Crippen MR) is 159 cm³/mol. The Morgan fingerprint density at radius 3 is 2.29 bits per heavy atom. The van der Waals surface area contributed by atoms with Crippen LogP contribution in [0.2, 0.25) is 0 Å². The number of fused-ring (bicyclic) bond motifs is 1. The predicted octanol–water partition coefficient (Wildman–Crippen LogP) is 4.53. The van der Waals surface area contributed by atoms with Gasteiger partial charge < -0.3 is 19.3 Å². The molecule has 219 valence electrons. The first-order chi connectivity index (χ1) is 19.1. The molecule has 0 atom stereocenters. The van der Waals surface area contributed by atoms with E-state index in [-0.39, 0.29) is 12.6 Å². The van der Waals surface area contributed by atoms with Gasteiger partial charge in [0.1, 0.15) is 16.7 Å². The molecule has 0 unspecified atom stereocenters. The quantitative estimate of drug-likeness (QED) is 0.280. The standard InChI is InChI=1S/C31H41BN3O6/c1-29(2,3)39-28(37)34(23-15-11-12-16-23)20-26-33-24-18-17-22(32-41-31(6,7)30(4,5)38)19-25(24)35(26)40-27(36)21-13-9-8-10-14-21/h8-10,13-14,17-19,23,38H,11-12,15-16,20H2,1-7H3/p+1. The molecule has 41 heavy (non-hydrogen) atoms. The molecule has 1 fully saturated rings. The monoisotopic (exact) mass is 563 g/mol. The Morgan fingerprint density at radius 1 is 1.02 bits per heavy atom. The highest BCUT2D eigenvalue weighted by atomic mass is 16.7. The lowest BCUT2D eigenvalue weighted by molar-refractivity contribution is -0.0893. The third kappa shape index (κ3) is 7.48. The summed E-state index contributed by atoms with van der Waals surface area (Å²) in [5, 5.41) is 8.39. The summed E-state index contributed by atoms with van der Waals surface area (Å²) < 4.78 is 13.2. The first-order valence-electron chi connectivity index (χ1n) is 14.2. The molecule has 0 spiro atoms. The van der Waals surface area contributed by atoms with Gasteiger partial charge in [0.15, 0.2) is 11.4 Å². The van der Waals surface area contributed by atoms with Gasteiger partial charge in [-0.05, 0) is 71.7 Å². The minimum absolute atomic E-state index is 0.00990. The maximum Gasteiger partial charge on any atom is 0.410 e. The number of carbonyl (C=O) groups excluding carboxylic acids is 2. The molecule has 3 aromatic rings. The van der Waals surface area contributed by atoms with Crippen molar-refractivity contribution in [2.75, 3.05) is 0 Å². The minimum Gasteiger partial charge on any atom is -0.444 e. The van der Waals surface area contributed by atoms with Crippen LogP contribution in [0.15, 0.2) is 48.5 Å². The number of aromatic nitrogens is 2. The third-order valence-corrected chi connectivity index (χ3v) is 7.59. The molecule has 0 bridgehead atoms. The number of benzene rings is 2. The van der Waals surface area contributed by atoms with Crippen LogP contribution in [0.5, 0.6) is 0 Å². The van der Waals surface area contributed by atoms with E-state index < -0.39 is 28.9 Å². The summed E-state index contributed by atoms with van der Waals surface area (Å²) in [6, 6.07) is 14.3. The fourth-order valence-electron chi connectivity index (χ4n) is 4.50. The van der Waals surface area contributed by atoms with Crippen LogP contribution in [0.1, 0.15) is 90.3 Å². The summed E-state index contributed by atoms with van der Waals surface area (Å²) in [7, 11) is 1.61. The van der Waals surface area contributed by atoms with E-state index >= 15 is 0 Å². The zero-order valence-corrected chi connectivity index (χ0v) is 25.2. The molecule has 1 amide bonds. The topological polar surface area (TPSA) is 106 Å². The van der Waals surface area contributed by atoms with E-state index in [0.29, 0.717) is 22.4 Å². The first kappa shape index (κ1) is 30.6. The number of amides is 1. The van der Waals surface area contributed by atoms with Crippen LogP contribution in [-0.4, -0.2) is 62.1 Å². The van der Waals surface area contributed by atoms with Gasteiger partial charge in [-0.2, -0.15) is 4.73 Å². The molecule has 9 nitrogen and oxygen atoms in total. The maximum atomic E-state index is 13.4. The highest BCUT2D eigenvalue weighted by Gasteiger charge is 2.40. The molecule has 10 heteroatoms. The molecule has 1 aliphatic rings. The third-order valence-electron chi connectivity index (χ3n) is 7.59. The highest BCUT2D eigenvalue weighted by Crippen LogP contribution is 2.28. The Morgan fingerprint density at radius 2 is 1.68 bits per heavy atom. The summed E-state index contributed by atoms with van der Waals surface area (Å²) in [6.07, 6.45) is 3.41. The number of rotatable bonds is 9. The summed E-state index contributed by atoms with van der Waals surface area (Å²) >= 11 is 0. The van der Waals surface area contributed by atoms with Gasteiger partial charge in [0.05, 0.1) is 17.6 Å². The van der Waals surface area contributed by atoms with E-state index in [4.69, 9.17) is 24.3 Å². The average Bonchev–Trinajstić information content (AvgIpc) is 3.53. The molecular formula is C31H42BN3O6+. The molecule has 1 radical (unpaired) electrons. The van der Waals surface area contributed by atoms with Crippen LogP contribution in [0.25, 0.3) is 11.0 Å². The lowest BCUT2D eigenvalue weighted by atomic mass is 9.82. The number of ether oxygens (including phenoxy) is 1. The van der Waals surface area contributed by atoms with Crippen molar-refractivity contribution in [3.63, 3.8) is 0 Å². The van der Waals surface area contributed by atoms with Gasteiger partial charge in [0, 0.05) is 19.9 Å². The number of imidazole rings is 1. The minimum atomic E-state index is -0.834. The highest BCUT2D eigenvalue weighted by molar-refractivity contribution is 6.47.